The van der Waals surface area contributed by atoms with Crippen LogP contribution in [0.5, 0.6) is 5.75 Å². The van der Waals surface area contributed by atoms with Gasteiger partial charge in [0.1, 0.15) is 5.75 Å². The number of carbonyl (C=O) groups excluding carboxylic acids is 1. The van der Waals surface area contributed by atoms with Crippen molar-refractivity contribution in [1.82, 2.24) is 0 Å². The van der Waals surface area contributed by atoms with Crippen LogP contribution in [0.3, 0.4) is 0 Å². The minimum atomic E-state index is -0.495. The van der Waals surface area contributed by atoms with Crippen molar-refractivity contribution in [2.24, 2.45) is 0 Å². The molecular weight excluding hydrogens is 262 g/mol. The lowest BCUT2D eigenvalue weighted by Gasteiger charge is -2.19. The molecule has 0 radical (unpaired) electrons. The fraction of sp³-hybridized carbons (Fsp3) is 0.278. The smallest absolute Gasteiger partial charge is 0.265 e. The van der Waals surface area contributed by atoms with Crippen LogP contribution in [0.1, 0.15) is 24.5 Å². The molecule has 3 nitrogen and oxygen atoms in total. The molecule has 0 saturated carbocycles. The molecule has 2 aromatic rings. The summed E-state index contributed by atoms with van der Waals surface area (Å²) in [5, 5.41) is 2.94. The second-order valence-corrected chi connectivity index (χ2v) is 5.08. The molecule has 0 bridgehead atoms. The molecule has 0 aromatic heterocycles. The van der Waals surface area contributed by atoms with Gasteiger partial charge in [-0.2, -0.15) is 0 Å². The zero-order valence-corrected chi connectivity index (χ0v) is 12.7. The first kappa shape index (κ1) is 15.1. The SMILES string of the molecule is CC[C@@H](Oc1ccccc1C)C(=O)Nc1ccccc1C. The van der Waals surface area contributed by atoms with Crippen LogP contribution in [0.25, 0.3) is 0 Å². The van der Waals surface area contributed by atoms with E-state index in [1.54, 1.807) is 0 Å². The number of hydrogen-bond acceptors (Lipinski definition) is 2. The fourth-order valence-corrected chi connectivity index (χ4v) is 2.09. The average Bonchev–Trinajstić information content (AvgIpc) is 2.48. The van der Waals surface area contributed by atoms with Gasteiger partial charge in [-0.1, -0.05) is 43.3 Å². The maximum absolute atomic E-state index is 12.4. The van der Waals surface area contributed by atoms with Crippen LogP contribution in [0.15, 0.2) is 48.5 Å². The van der Waals surface area contributed by atoms with E-state index in [9.17, 15) is 4.79 Å². The van der Waals surface area contributed by atoms with Gasteiger partial charge in [-0.05, 0) is 43.5 Å². The lowest BCUT2D eigenvalue weighted by atomic mass is 10.1. The van der Waals surface area contributed by atoms with Crippen molar-refractivity contribution in [1.29, 1.82) is 0 Å². The molecule has 1 N–H and O–H groups in total. The van der Waals surface area contributed by atoms with Gasteiger partial charge in [0, 0.05) is 5.69 Å². The van der Waals surface area contributed by atoms with Crippen molar-refractivity contribution in [3.63, 3.8) is 0 Å². The Labute approximate surface area is 126 Å². The topological polar surface area (TPSA) is 38.3 Å². The summed E-state index contributed by atoms with van der Waals surface area (Å²) < 4.78 is 5.86. The first-order valence-electron chi connectivity index (χ1n) is 7.20. The fourth-order valence-electron chi connectivity index (χ4n) is 2.09. The summed E-state index contributed by atoms with van der Waals surface area (Å²) in [6.07, 6.45) is 0.122. The highest BCUT2D eigenvalue weighted by molar-refractivity contribution is 5.95. The summed E-state index contributed by atoms with van der Waals surface area (Å²) in [5.41, 5.74) is 2.89. The summed E-state index contributed by atoms with van der Waals surface area (Å²) in [6.45, 7) is 5.89. The van der Waals surface area contributed by atoms with Crippen LogP contribution in [0, 0.1) is 13.8 Å². The van der Waals surface area contributed by atoms with Crippen molar-refractivity contribution >= 4 is 11.6 Å². The summed E-state index contributed by atoms with van der Waals surface area (Å²) in [7, 11) is 0. The molecule has 3 heteroatoms. The van der Waals surface area contributed by atoms with Crippen LogP contribution >= 0.6 is 0 Å². The molecule has 2 aromatic carbocycles. The zero-order chi connectivity index (χ0) is 15.2. The van der Waals surface area contributed by atoms with E-state index in [1.807, 2.05) is 69.3 Å². The van der Waals surface area contributed by atoms with Crippen molar-refractivity contribution < 1.29 is 9.53 Å². The average molecular weight is 283 g/mol. The molecule has 0 aliphatic heterocycles. The van der Waals surface area contributed by atoms with Gasteiger partial charge in [0.15, 0.2) is 6.10 Å². The van der Waals surface area contributed by atoms with Crippen LogP contribution in [-0.4, -0.2) is 12.0 Å². The molecule has 0 unspecified atom stereocenters. The molecule has 0 saturated heterocycles. The molecule has 110 valence electrons. The van der Waals surface area contributed by atoms with Gasteiger partial charge < -0.3 is 10.1 Å². The Morgan fingerprint density at radius 3 is 2.29 bits per heavy atom. The van der Waals surface area contributed by atoms with Crippen LogP contribution in [0.4, 0.5) is 5.69 Å². The van der Waals surface area contributed by atoms with E-state index >= 15 is 0 Å². The highest BCUT2D eigenvalue weighted by Gasteiger charge is 2.19. The number of para-hydroxylation sites is 2. The number of benzene rings is 2. The molecule has 0 fully saturated rings. The Morgan fingerprint density at radius 1 is 1.05 bits per heavy atom. The highest BCUT2D eigenvalue weighted by atomic mass is 16.5. The standard InChI is InChI=1S/C18H21NO2/c1-4-16(21-17-12-8-6-10-14(17)3)18(20)19-15-11-7-5-9-13(15)2/h5-12,16H,4H2,1-3H3,(H,19,20)/t16-/m1/s1. The Balaban J connectivity index is 2.09. The quantitative estimate of drug-likeness (QED) is 0.897. The number of nitrogens with one attached hydrogen (secondary N) is 1. The summed E-state index contributed by atoms with van der Waals surface area (Å²) in [4.78, 5) is 12.4. The zero-order valence-electron chi connectivity index (χ0n) is 12.7. The molecular formula is C18H21NO2. The van der Waals surface area contributed by atoms with Crippen LogP contribution in [0.2, 0.25) is 0 Å². The van der Waals surface area contributed by atoms with Gasteiger partial charge in [-0.3, -0.25) is 4.79 Å². The molecule has 0 aliphatic carbocycles. The number of amides is 1. The number of rotatable bonds is 5. The lowest BCUT2D eigenvalue weighted by Crippen LogP contribution is -2.32. The number of carbonyl (C=O) groups is 1. The van der Waals surface area contributed by atoms with Crippen LogP contribution in [-0.2, 0) is 4.79 Å². The monoisotopic (exact) mass is 283 g/mol. The molecule has 1 amide bonds. The number of hydrogen-bond donors (Lipinski definition) is 1. The number of ether oxygens (including phenoxy) is 1. The van der Waals surface area contributed by atoms with E-state index < -0.39 is 6.10 Å². The van der Waals surface area contributed by atoms with Gasteiger partial charge in [0.2, 0.25) is 0 Å². The molecule has 0 aliphatic rings. The normalized spacial score (nSPS) is 11.8. The third kappa shape index (κ3) is 3.85. The summed E-state index contributed by atoms with van der Waals surface area (Å²) in [6, 6.07) is 15.5. The largest absolute Gasteiger partial charge is 0.480 e. The molecule has 21 heavy (non-hydrogen) atoms. The van der Waals surface area contributed by atoms with E-state index in [2.05, 4.69) is 5.32 Å². The van der Waals surface area contributed by atoms with Crippen molar-refractivity contribution in [2.75, 3.05) is 5.32 Å². The molecule has 2 rings (SSSR count). The van der Waals surface area contributed by atoms with E-state index in [0.717, 1.165) is 22.6 Å². The van der Waals surface area contributed by atoms with E-state index in [0.29, 0.717) is 6.42 Å². The van der Waals surface area contributed by atoms with Gasteiger partial charge in [0.25, 0.3) is 5.91 Å². The summed E-state index contributed by atoms with van der Waals surface area (Å²) >= 11 is 0. The molecule has 1 atom stereocenters. The van der Waals surface area contributed by atoms with E-state index in [4.69, 9.17) is 4.74 Å². The number of aryl methyl sites for hydroxylation is 2. The Hall–Kier alpha value is -2.29. The Kier molecular flexibility index (Phi) is 4.99. The second-order valence-electron chi connectivity index (χ2n) is 5.08. The maximum atomic E-state index is 12.4. The van der Waals surface area contributed by atoms with Gasteiger partial charge in [-0.25, -0.2) is 0 Å². The predicted octanol–water partition coefficient (Wildman–Crippen LogP) is 4.10. The van der Waals surface area contributed by atoms with Crippen LogP contribution < -0.4 is 10.1 Å². The van der Waals surface area contributed by atoms with E-state index in [1.165, 1.54) is 0 Å². The van der Waals surface area contributed by atoms with Gasteiger partial charge >= 0.3 is 0 Å². The lowest BCUT2D eigenvalue weighted by molar-refractivity contribution is -0.122. The molecule has 0 heterocycles. The van der Waals surface area contributed by atoms with Gasteiger partial charge in [0.05, 0.1) is 0 Å². The Bertz CT molecular complexity index is 622. The van der Waals surface area contributed by atoms with Crippen molar-refractivity contribution in [2.45, 2.75) is 33.3 Å². The summed E-state index contributed by atoms with van der Waals surface area (Å²) in [5.74, 6) is 0.638. The minimum absolute atomic E-state index is 0.116. The third-order valence-electron chi connectivity index (χ3n) is 3.43. The van der Waals surface area contributed by atoms with Crippen molar-refractivity contribution in [3.05, 3.63) is 59.7 Å². The number of anilines is 1. The maximum Gasteiger partial charge on any atom is 0.265 e. The predicted molar refractivity (Wildman–Crippen MR) is 85.7 cm³/mol. The minimum Gasteiger partial charge on any atom is -0.480 e. The van der Waals surface area contributed by atoms with E-state index in [-0.39, 0.29) is 5.91 Å². The highest BCUT2D eigenvalue weighted by Crippen LogP contribution is 2.20. The molecule has 0 spiro atoms. The van der Waals surface area contributed by atoms with Crippen molar-refractivity contribution in [3.8, 4) is 5.75 Å². The second kappa shape index (κ2) is 6.93. The Morgan fingerprint density at radius 2 is 1.67 bits per heavy atom. The third-order valence-corrected chi connectivity index (χ3v) is 3.43. The van der Waals surface area contributed by atoms with Gasteiger partial charge in [-0.15, -0.1) is 0 Å². The first-order valence-corrected chi connectivity index (χ1v) is 7.20. The first-order chi connectivity index (χ1) is 10.1.